The molecule has 0 saturated heterocycles. The molecule has 5 heteroatoms. The first-order valence-corrected chi connectivity index (χ1v) is 9.37. The molecule has 3 rings (SSSR count). The van der Waals surface area contributed by atoms with E-state index in [0.29, 0.717) is 17.1 Å². The minimum Gasteiger partial charge on any atom is -0.457 e. The highest BCUT2D eigenvalue weighted by Crippen LogP contribution is 2.24. The maximum Gasteiger partial charge on any atom is 0.314 e. The van der Waals surface area contributed by atoms with Crippen LogP contribution in [-0.2, 0) is 15.0 Å². The van der Waals surface area contributed by atoms with Crippen molar-refractivity contribution in [3.63, 3.8) is 0 Å². The Morgan fingerprint density at radius 2 is 1.10 bits per heavy atom. The van der Waals surface area contributed by atoms with Crippen LogP contribution in [0.1, 0.15) is 26.3 Å². The van der Waals surface area contributed by atoms with E-state index in [9.17, 15) is 9.59 Å². The molecule has 2 amide bonds. The molecule has 0 fully saturated rings. The van der Waals surface area contributed by atoms with Crippen LogP contribution >= 0.6 is 0 Å². The summed E-state index contributed by atoms with van der Waals surface area (Å²) in [5, 5.41) is 5.19. The fourth-order valence-electron chi connectivity index (χ4n) is 2.66. The topological polar surface area (TPSA) is 67.4 Å². The summed E-state index contributed by atoms with van der Waals surface area (Å²) < 4.78 is 5.71. The van der Waals surface area contributed by atoms with Crippen molar-refractivity contribution in [3.8, 4) is 11.5 Å². The van der Waals surface area contributed by atoms with Gasteiger partial charge in [0.05, 0.1) is 0 Å². The summed E-state index contributed by atoms with van der Waals surface area (Å²) in [6, 6.07) is 23.7. The summed E-state index contributed by atoms with van der Waals surface area (Å²) in [6.45, 7) is 6.35. The predicted octanol–water partition coefficient (Wildman–Crippen LogP) is 5.35. The predicted molar refractivity (Wildman–Crippen MR) is 115 cm³/mol. The van der Waals surface area contributed by atoms with E-state index < -0.39 is 11.8 Å². The number of hydrogen-bond donors (Lipinski definition) is 2. The summed E-state index contributed by atoms with van der Waals surface area (Å²) in [6.07, 6.45) is 0. The van der Waals surface area contributed by atoms with Gasteiger partial charge in [-0.05, 0) is 59.5 Å². The van der Waals surface area contributed by atoms with Crippen molar-refractivity contribution < 1.29 is 14.3 Å². The third-order valence-electron chi connectivity index (χ3n) is 4.31. The van der Waals surface area contributed by atoms with Crippen molar-refractivity contribution in [2.75, 3.05) is 10.6 Å². The molecule has 2 N–H and O–H groups in total. The number of hydrogen-bond acceptors (Lipinski definition) is 3. The van der Waals surface area contributed by atoms with Crippen LogP contribution in [0.5, 0.6) is 11.5 Å². The second-order valence-electron chi connectivity index (χ2n) is 7.68. The molecular formula is C24H24N2O3. The van der Waals surface area contributed by atoms with Gasteiger partial charge >= 0.3 is 11.8 Å². The number of carbonyl (C=O) groups is 2. The van der Waals surface area contributed by atoms with Crippen LogP contribution in [0.25, 0.3) is 0 Å². The zero-order valence-electron chi connectivity index (χ0n) is 16.7. The minimum atomic E-state index is -0.735. The van der Waals surface area contributed by atoms with Crippen LogP contribution in [0.3, 0.4) is 0 Å². The van der Waals surface area contributed by atoms with Gasteiger partial charge in [-0.3, -0.25) is 9.59 Å². The van der Waals surface area contributed by atoms with Gasteiger partial charge in [-0.1, -0.05) is 51.1 Å². The fourth-order valence-corrected chi connectivity index (χ4v) is 2.66. The lowest BCUT2D eigenvalue weighted by atomic mass is 9.87. The first kappa shape index (κ1) is 20.1. The molecule has 5 nitrogen and oxygen atoms in total. The largest absolute Gasteiger partial charge is 0.457 e. The number of anilines is 2. The molecular weight excluding hydrogens is 364 g/mol. The highest BCUT2D eigenvalue weighted by Gasteiger charge is 2.16. The molecule has 0 aliphatic heterocycles. The van der Waals surface area contributed by atoms with Gasteiger partial charge in [-0.15, -0.1) is 0 Å². The lowest BCUT2D eigenvalue weighted by Crippen LogP contribution is -2.29. The third kappa shape index (κ3) is 5.69. The zero-order valence-corrected chi connectivity index (χ0v) is 16.7. The molecule has 0 spiro atoms. The fraction of sp³-hybridized carbons (Fsp3) is 0.167. The summed E-state index contributed by atoms with van der Waals surface area (Å²) >= 11 is 0. The molecule has 0 unspecified atom stereocenters. The Kier molecular flexibility index (Phi) is 5.98. The van der Waals surface area contributed by atoms with E-state index in [-0.39, 0.29) is 5.41 Å². The zero-order chi connectivity index (χ0) is 20.9. The third-order valence-corrected chi connectivity index (χ3v) is 4.31. The minimum absolute atomic E-state index is 0.0241. The lowest BCUT2D eigenvalue weighted by Gasteiger charge is -2.19. The van der Waals surface area contributed by atoms with Crippen molar-refractivity contribution in [2.24, 2.45) is 0 Å². The lowest BCUT2D eigenvalue weighted by molar-refractivity contribution is -0.132. The van der Waals surface area contributed by atoms with Crippen LogP contribution in [0.4, 0.5) is 11.4 Å². The highest BCUT2D eigenvalue weighted by molar-refractivity contribution is 6.43. The van der Waals surface area contributed by atoms with E-state index in [1.807, 2.05) is 42.5 Å². The normalized spacial score (nSPS) is 10.9. The van der Waals surface area contributed by atoms with Crippen molar-refractivity contribution in [1.82, 2.24) is 0 Å². The first-order valence-electron chi connectivity index (χ1n) is 9.37. The van der Waals surface area contributed by atoms with Gasteiger partial charge in [-0.2, -0.15) is 0 Å². The van der Waals surface area contributed by atoms with Gasteiger partial charge in [0.25, 0.3) is 0 Å². The molecule has 0 radical (unpaired) electrons. The quantitative estimate of drug-likeness (QED) is 0.592. The number of rotatable bonds is 4. The SMILES string of the molecule is CC(C)(C)c1ccc(NC(=O)C(=O)Nc2ccc(Oc3ccccc3)cc2)cc1. The molecule has 0 bridgehead atoms. The molecule has 0 saturated carbocycles. The van der Waals surface area contributed by atoms with E-state index in [0.717, 1.165) is 11.3 Å². The summed E-state index contributed by atoms with van der Waals surface area (Å²) in [4.78, 5) is 24.3. The van der Waals surface area contributed by atoms with E-state index in [1.54, 1.807) is 36.4 Å². The monoisotopic (exact) mass is 388 g/mol. The molecule has 29 heavy (non-hydrogen) atoms. The highest BCUT2D eigenvalue weighted by atomic mass is 16.5. The van der Waals surface area contributed by atoms with E-state index in [2.05, 4.69) is 31.4 Å². The Bertz CT molecular complexity index is 973. The molecule has 148 valence electrons. The number of para-hydroxylation sites is 1. The summed E-state index contributed by atoms with van der Waals surface area (Å²) in [5.74, 6) is -0.0986. The van der Waals surface area contributed by atoms with Crippen LogP contribution in [-0.4, -0.2) is 11.8 Å². The Morgan fingerprint density at radius 1 is 0.655 bits per heavy atom. The number of amides is 2. The number of ether oxygens (including phenoxy) is 1. The molecule has 0 aliphatic rings. The van der Waals surface area contributed by atoms with E-state index in [4.69, 9.17) is 4.74 Å². The molecule has 0 atom stereocenters. The average molecular weight is 388 g/mol. The molecule has 0 heterocycles. The second kappa shape index (κ2) is 8.61. The van der Waals surface area contributed by atoms with E-state index >= 15 is 0 Å². The van der Waals surface area contributed by atoms with Crippen LogP contribution in [0, 0.1) is 0 Å². The molecule has 3 aromatic rings. The molecule has 0 aromatic heterocycles. The maximum atomic E-state index is 12.2. The van der Waals surface area contributed by atoms with Crippen LogP contribution < -0.4 is 15.4 Å². The Morgan fingerprint density at radius 3 is 1.59 bits per heavy atom. The van der Waals surface area contributed by atoms with Crippen molar-refractivity contribution in [1.29, 1.82) is 0 Å². The Balaban J connectivity index is 1.56. The number of carbonyl (C=O) groups excluding carboxylic acids is 2. The second-order valence-corrected chi connectivity index (χ2v) is 7.68. The molecule has 0 aliphatic carbocycles. The van der Waals surface area contributed by atoms with Crippen molar-refractivity contribution in [3.05, 3.63) is 84.4 Å². The Hall–Kier alpha value is -3.60. The summed E-state index contributed by atoms with van der Waals surface area (Å²) in [7, 11) is 0. The number of nitrogens with one attached hydrogen (secondary N) is 2. The van der Waals surface area contributed by atoms with Gasteiger partial charge in [0.2, 0.25) is 0 Å². The molecule has 3 aromatic carbocycles. The van der Waals surface area contributed by atoms with Crippen LogP contribution in [0.15, 0.2) is 78.9 Å². The van der Waals surface area contributed by atoms with Gasteiger partial charge in [0, 0.05) is 11.4 Å². The van der Waals surface area contributed by atoms with Crippen molar-refractivity contribution >= 4 is 23.2 Å². The number of benzene rings is 3. The average Bonchev–Trinajstić information content (AvgIpc) is 2.70. The Labute approximate surface area is 170 Å². The van der Waals surface area contributed by atoms with Crippen LogP contribution in [0.2, 0.25) is 0 Å². The van der Waals surface area contributed by atoms with Gasteiger partial charge < -0.3 is 15.4 Å². The summed E-state index contributed by atoms with van der Waals surface area (Å²) in [5.41, 5.74) is 2.26. The van der Waals surface area contributed by atoms with Crippen molar-refractivity contribution in [2.45, 2.75) is 26.2 Å². The first-order chi connectivity index (χ1) is 13.8. The maximum absolute atomic E-state index is 12.2. The van der Waals surface area contributed by atoms with Gasteiger partial charge in [-0.25, -0.2) is 0 Å². The van der Waals surface area contributed by atoms with Gasteiger partial charge in [0.1, 0.15) is 11.5 Å². The van der Waals surface area contributed by atoms with E-state index in [1.165, 1.54) is 0 Å². The smallest absolute Gasteiger partial charge is 0.314 e. The standard InChI is InChI=1S/C24H24N2O3/c1-24(2,3)17-9-11-18(12-10-17)25-22(27)23(28)26-19-13-15-21(16-14-19)29-20-7-5-4-6-8-20/h4-16H,1-3H3,(H,25,27)(H,26,28). The van der Waals surface area contributed by atoms with Gasteiger partial charge in [0.15, 0.2) is 0 Å².